The van der Waals surface area contributed by atoms with Crippen molar-refractivity contribution in [2.45, 2.75) is 12.8 Å². The van der Waals surface area contributed by atoms with Gasteiger partial charge in [0.15, 0.2) is 0 Å². The third kappa shape index (κ3) is 3.13. The summed E-state index contributed by atoms with van der Waals surface area (Å²) in [6, 6.07) is 11.1. The van der Waals surface area contributed by atoms with Crippen molar-refractivity contribution in [2.24, 2.45) is 0 Å². The highest BCUT2D eigenvalue weighted by atomic mass is 19.1. The van der Waals surface area contributed by atoms with Crippen LogP contribution < -0.4 is 16.0 Å². The molecule has 0 radical (unpaired) electrons. The molecule has 21 heavy (non-hydrogen) atoms. The molecule has 0 bridgehead atoms. The maximum absolute atomic E-state index is 12.8. The molecule has 4 nitrogen and oxygen atoms in total. The van der Waals surface area contributed by atoms with Gasteiger partial charge in [-0.3, -0.25) is 0 Å². The fourth-order valence-electron chi connectivity index (χ4n) is 2.45. The molecule has 2 aromatic rings. The van der Waals surface area contributed by atoms with Gasteiger partial charge in [0.2, 0.25) is 0 Å². The Balaban J connectivity index is 1.71. The third-order valence-electron chi connectivity index (χ3n) is 3.45. The number of hydrogen-bond acceptors (Lipinski definition) is 2. The van der Waals surface area contributed by atoms with E-state index in [0.717, 1.165) is 36.3 Å². The molecule has 5 heteroatoms. The van der Waals surface area contributed by atoms with E-state index in [-0.39, 0.29) is 11.8 Å². The zero-order valence-corrected chi connectivity index (χ0v) is 11.4. The maximum Gasteiger partial charge on any atom is 0.323 e. The van der Waals surface area contributed by atoms with E-state index >= 15 is 0 Å². The minimum atomic E-state index is -0.333. The van der Waals surface area contributed by atoms with Crippen LogP contribution in [0.5, 0.6) is 0 Å². The Hall–Kier alpha value is -2.56. The molecule has 1 aliphatic heterocycles. The summed E-state index contributed by atoms with van der Waals surface area (Å²) < 4.78 is 12.8. The van der Waals surface area contributed by atoms with Crippen LogP contribution in [0.2, 0.25) is 0 Å². The van der Waals surface area contributed by atoms with Gasteiger partial charge in [-0.2, -0.15) is 0 Å². The van der Waals surface area contributed by atoms with E-state index in [1.54, 1.807) is 0 Å². The van der Waals surface area contributed by atoms with Gasteiger partial charge in [-0.25, -0.2) is 9.18 Å². The molecule has 2 aromatic carbocycles. The molecular weight excluding hydrogens is 269 g/mol. The summed E-state index contributed by atoms with van der Waals surface area (Å²) in [5.41, 5.74) is 3.55. The monoisotopic (exact) mass is 285 g/mol. The van der Waals surface area contributed by atoms with E-state index in [1.807, 2.05) is 18.2 Å². The van der Waals surface area contributed by atoms with Crippen molar-refractivity contribution in [3.05, 3.63) is 53.8 Å². The molecular formula is C16H16FN3O. The number of benzene rings is 2. The van der Waals surface area contributed by atoms with Crippen molar-refractivity contribution in [3.63, 3.8) is 0 Å². The van der Waals surface area contributed by atoms with Crippen LogP contribution in [-0.4, -0.2) is 12.6 Å². The fourth-order valence-corrected chi connectivity index (χ4v) is 2.45. The molecule has 0 aromatic heterocycles. The Labute approximate surface area is 122 Å². The van der Waals surface area contributed by atoms with Crippen molar-refractivity contribution < 1.29 is 9.18 Å². The first kappa shape index (κ1) is 13.4. The smallest absolute Gasteiger partial charge is 0.323 e. The Kier molecular flexibility index (Phi) is 3.73. The third-order valence-corrected chi connectivity index (χ3v) is 3.45. The number of carbonyl (C=O) groups is 1. The number of rotatable bonds is 2. The quantitative estimate of drug-likeness (QED) is 0.785. The van der Waals surface area contributed by atoms with Crippen LogP contribution in [0, 0.1) is 5.82 Å². The Morgan fingerprint density at radius 3 is 2.71 bits per heavy atom. The van der Waals surface area contributed by atoms with Crippen molar-refractivity contribution >= 4 is 23.1 Å². The van der Waals surface area contributed by atoms with Gasteiger partial charge in [0.05, 0.1) is 0 Å². The van der Waals surface area contributed by atoms with Gasteiger partial charge in [0.25, 0.3) is 0 Å². The van der Waals surface area contributed by atoms with Crippen LogP contribution >= 0.6 is 0 Å². The molecule has 1 aliphatic rings. The molecule has 0 atom stereocenters. The van der Waals surface area contributed by atoms with Crippen molar-refractivity contribution in [3.8, 4) is 0 Å². The Bertz CT molecular complexity index is 655. The number of anilines is 3. The van der Waals surface area contributed by atoms with E-state index in [4.69, 9.17) is 0 Å². The second kappa shape index (κ2) is 5.83. The molecule has 0 saturated heterocycles. The van der Waals surface area contributed by atoms with Gasteiger partial charge >= 0.3 is 6.03 Å². The summed E-state index contributed by atoms with van der Waals surface area (Å²) in [6.45, 7) is 0.957. The van der Waals surface area contributed by atoms with E-state index in [0.29, 0.717) is 5.69 Å². The van der Waals surface area contributed by atoms with Crippen molar-refractivity contribution in [1.82, 2.24) is 0 Å². The van der Waals surface area contributed by atoms with Gasteiger partial charge in [-0.15, -0.1) is 0 Å². The van der Waals surface area contributed by atoms with Crippen LogP contribution in [-0.2, 0) is 6.42 Å². The lowest BCUT2D eigenvalue weighted by molar-refractivity contribution is 0.262. The van der Waals surface area contributed by atoms with Gasteiger partial charge in [0.1, 0.15) is 5.82 Å². The zero-order chi connectivity index (χ0) is 14.7. The van der Waals surface area contributed by atoms with Gasteiger partial charge < -0.3 is 16.0 Å². The lowest BCUT2D eigenvalue weighted by atomic mass is 10.0. The van der Waals surface area contributed by atoms with Crippen LogP contribution in [0.1, 0.15) is 12.0 Å². The van der Waals surface area contributed by atoms with E-state index in [1.165, 1.54) is 24.3 Å². The highest BCUT2D eigenvalue weighted by Gasteiger charge is 2.14. The number of halogens is 1. The summed E-state index contributed by atoms with van der Waals surface area (Å²) in [6.07, 6.45) is 1.99. The van der Waals surface area contributed by atoms with Crippen molar-refractivity contribution in [2.75, 3.05) is 22.5 Å². The number of urea groups is 1. The summed E-state index contributed by atoms with van der Waals surface area (Å²) in [4.78, 5) is 12.0. The minimum Gasteiger partial charge on any atom is -0.385 e. The molecule has 3 N–H and O–H groups in total. The summed E-state index contributed by atoms with van der Waals surface area (Å²) in [5, 5.41) is 8.86. The highest BCUT2D eigenvalue weighted by molar-refractivity contribution is 6.00. The Morgan fingerprint density at radius 2 is 1.90 bits per heavy atom. The molecule has 2 amide bonds. The molecule has 0 fully saturated rings. The molecule has 108 valence electrons. The van der Waals surface area contributed by atoms with Gasteiger partial charge in [-0.05, 0) is 54.8 Å². The number of fused-ring (bicyclic) bond motifs is 1. The first-order chi connectivity index (χ1) is 10.2. The predicted molar refractivity (Wildman–Crippen MR) is 82.3 cm³/mol. The molecule has 0 saturated carbocycles. The first-order valence-electron chi connectivity index (χ1n) is 6.92. The maximum atomic E-state index is 12.8. The number of carbonyl (C=O) groups excluding carboxylic acids is 1. The number of amides is 2. The molecule has 1 heterocycles. The lowest BCUT2D eigenvalue weighted by Gasteiger charge is -2.21. The largest absolute Gasteiger partial charge is 0.385 e. The highest BCUT2D eigenvalue weighted by Crippen LogP contribution is 2.28. The van der Waals surface area contributed by atoms with Crippen LogP contribution in [0.25, 0.3) is 0 Å². The zero-order valence-electron chi connectivity index (χ0n) is 11.4. The van der Waals surface area contributed by atoms with Gasteiger partial charge in [0, 0.05) is 23.6 Å². The number of hydrogen-bond donors (Lipinski definition) is 3. The second-order valence-electron chi connectivity index (χ2n) is 4.95. The van der Waals surface area contributed by atoms with E-state index in [2.05, 4.69) is 16.0 Å². The first-order valence-corrected chi connectivity index (χ1v) is 6.92. The normalized spacial score (nSPS) is 13.0. The van der Waals surface area contributed by atoms with Crippen molar-refractivity contribution in [1.29, 1.82) is 0 Å². The summed E-state index contributed by atoms with van der Waals surface area (Å²) in [7, 11) is 0. The predicted octanol–water partition coefficient (Wildman–Crippen LogP) is 3.83. The van der Waals surface area contributed by atoms with Crippen LogP contribution in [0.4, 0.5) is 26.2 Å². The van der Waals surface area contributed by atoms with Crippen LogP contribution in [0.15, 0.2) is 42.5 Å². The van der Waals surface area contributed by atoms with Gasteiger partial charge in [-0.1, -0.05) is 6.07 Å². The SMILES string of the molecule is O=C(Nc1ccc(F)cc1)Nc1cccc2c1CCCN2. The second-order valence-corrected chi connectivity index (χ2v) is 4.95. The van der Waals surface area contributed by atoms with E-state index < -0.39 is 0 Å². The molecule has 0 spiro atoms. The van der Waals surface area contributed by atoms with E-state index in [9.17, 15) is 9.18 Å². The Morgan fingerprint density at radius 1 is 1.10 bits per heavy atom. The fraction of sp³-hybridized carbons (Fsp3) is 0.188. The minimum absolute atomic E-state index is 0.329. The molecule has 0 unspecified atom stereocenters. The summed E-state index contributed by atoms with van der Waals surface area (Å²) in [5.74, 6) is -0.329. The molecule has 0 aliphatic carbocycles. The molecule has 3 rings (SSSR count). The number of nitrogens with one attached hydrogen (secondary N) is 3. The van der Waals surface area contributed by atoms with Crippen LogP contribution in [0.3, 0.4) is 0 Å². The lowest BCUT2D eigenvalue weighted by Crippen LogP contribution is -2.21. The average molecular weight is 285 g/mol. The topological polar surface area (TPSA) is 53.2 Å². The average Bonchev–Trinajstić information content (AvgIpc) is 2.50. The summed E-state index contributed by atoms with van der Waals surface area (Å²) >= 11 is 0. The standard InChI is InChI=1S/C16H16FN3O/c17-11-6-8-12(9-7-11)19-16(21)20-15-5-1-4-14-13(15)3-2-10-18-14/h1,4-9,18H,2-3,10H2,(H2,19,20,21).